The summed E-state index contributed by atoms with van der Waals surface area (Å²) in [5.41, 5.74) is 24.0. The average Bonchev–Trinajstić information content (AvgIpc) is 4.01. The van der Waals surface area contributed by atoms with Crippen LogP contribution in [0.15, 0.2) is 150 Å². The highest BCUT2D eigenvalue weighted by Gasteiger charge is 2.44. The summed E-state index contributed by atoms with van der Waals surface area (Å²) in [6, 6.07) is 55.4. The van der Waals surface area contributed by atoms with Crippen molar-refractivity contribution in [3.63, 3.8) is 0 Å². The Hall–Kier alpha value is -6.44. The first kappa shape index (κ1) is 35.3. The summed E-state index contributed by atoms with van der Waals surface area (Å²) in [5, 5.41) is 5.30. The van der Waals surface area contributed by atoms with Crippen LogP contribution in [0, 0.1) is 0 Å². The van der Waals surface area contributed by atoms with Gasteiger partial charge < -0.3 is 4.42 Å². The van der Waals surface area contributed by atoms with Gasteiger partial charge in [0.25, 0.3) is 0 Å². The highest BCUT2D eigenvalue weighted by Crippen LogP contribution is 2.59. The first-order valence-electron chi connectivity index (χ1n) is 22.1. The van der Waals surface area contributed by atoms with E-state index in [0.717, 1.165) is 22.6 Å². The van der Waals surface area contributed by atoms with Crippen LogP contribution in [0.1, 0.15) is 99.9 Å². The zero-order valence-corrected chi connectivity index (χ0v) is 36.3. The lowest BCUT2D eigenvalue weighted by Crippen LogP contribution is -2.17. The maximum absolute atomic E-state index is 6.81. The first-order valence-corrected chi connectivity index (χ1v) is 22.1. The summed E-state index contributed by atoms with van der Waals surface area (Å²) in [4.78, 5) is 0. The van der Waals surface area contributed by atoms with Crippen molar-refractivity contribution in [3.05, 3.63) is 190 Å². The Balaban J connectivity index is 0.859. The van der Waals surface area contributed by atoms with Crippen LogP contribution in [-0.2, 0) is 21.7 Å². The van der Waals surface area contributed by atoms with E-state index in [-0.39, 0.29) is 21.7 Å². The van der Waals surface area contributed by atoms with Crippen LogP contribution in [0.2, 0.25) is 0 Å². The Morgan fingerprint density at radius 1 is 0.295 bits per heavy atom. The van der Waals surface area contributed by atoms with Crippen molar-refractivity contribution in [2.75, 3.05) is 0 Å². The molecule has 8 aromatic carbocycles. The molecule has 0 saturated carbocycles. The molecule has 0 atom stereocenters. The zero-order chi connectivity index (χ0) is 41.5. The van der Waals surface area contributed by atoms with E-state index in [1.807, 2.05) is 0 Å². The normalized spacial score (nSPS) is 17.0. The summed E-state index contributed by atoms with van der Waals surface area (Å²) in [5.74, 6) is 1.81. The van der Waals surface area contributed by atoms with Gasteiger partial charge in [0.15, 0.2) is 0 Å². The molecule has 4 aliphatic carbocycles. The number of benzene rings is 8. The Morgan fingerprint density at radius 3 is 1.10 bits per heavy atom. The highest BCUT2D eigenvalue weighted by molar-refractivity contribution is 6.05. The Bertz CT molecular complexity index is 3240. The van der Waals surface area contributed by atoms with Gasteiger partial charge in [0.1, 0.15) is 11.5 Å². The second kappa shape index (κ2) is 11.3. The van der Waals surface area contributed by atoms with Crippen molar-refractivity contribution in [1.82, 2.24) is 0 Å². The fourth-order valence-electron chi connectivity index (χ4n) is 12.4. The lowest BCUT2D eigenvalue weighted by Gasteiger charge is -2.24. The molecule has 0 aliphatic heterocycles. The van der Waals surface area contributed by atoms with Crippen LogP contribution in [0.4, 0.5) is 0 Å². The van der Waals surface area contributed by atoms with E-state index in [0.29, 0.717) is 0 Å². The molecule has 1 heteroatoms. The van der Waals surface area contributed by atoms with Gasteiger partial charge >= 0.3 is 0 Å². The van der Waals surface area contributed by atoms with Crippen molar-refractivity contribution >= 4 is 21.5 Å². The van der Waals surface area contributed by atoms with Gasteiger partial charge in [-0.05, 0) is 159 Å². The van der Waals surface area contributed by atoms with Crippen molar-refractivity contribution in [1.29, 1.82) is 0 Å². The van der Waals surface area contributed by atoms with E-state index in [1.165, 1.54) is 111 Å². The molecule has 1 aromatic heterocycles. The van der Waals surface area contributed by atoms with Crippen LogP contribution < -0.4 is 0 Å². The summed E-state index contributed by atoms with van der Waals surface area (Å²) in [6.45, 7) is 19.2. The predicted molar refractivity (Wildman–Crippen MR) is 255 cm³/mol. The molecule has 0 spiro atoms. The van der Waals surface area contributed by atoms with Gasteiger partial charge in [0, 0.05) is 32.8 Å². The van der Waals surface area contributed by atoms with E-state index in [9.17, 15) is 0 Å². The zero-order valence-electron chi connectivity index (χ0n) is 36.3. The third-order valence-corrected chi connectivity index (χ3v) is 15.9. The van der Waals surface area contributed by atoms with E-state index >= 15 is 0 Å². The van der Waals surface area contributed by atoms with Crippen molar-refractivity contribution < 1.29 is 4.42 Å². The Kier molecular flexibility index (Phi) is 6.53. The summed E-state index contributed by atoms with van der Waals surface area (Å²) < 4.78 is 6.81. The molecule has 0 N–H and O–H groups in total. The molecule has 4 aliphatic rings. The molecule has 1 heterocycles. The van der Waals surface area contributed by atoms with Crippen LogP contribution in [0.3, 0.4) is 0 Å². The van der Waals surface area contributed by atoms with Crippen molar-refractivity contribution in [2.45, 2.75) is 77.0 Å². The summed E-state index contributed by atoms with van der Waals surface area (Å²) >= 11 is 0. The van der Waals surface area contributed by atoms with Gasteiger partial charge in [-0.3, -0.25) is 0 Å². The van der Waals surface area contributed by atoms with Gasteiger partial charge in [-0.2, -0.15) is 0 Å². The van der Waals surface area contributed by atoms with Gasteiger partial charge in [-0.1, -0.05) is 152 Å². The molecule has 294 valence electrons. The maximum Gasteiger partial charge on any atom is 0.134 e. The first-order chi connectivity index (χ1) is 29.2. The summed E-state index contributed by atoms with van der Waals surface area (Å²) in [6.07, 6.45) is 0. The lowest BCUT2D eigenvalue weighted by atomic mass is 9.79. The largest absolute Gasteiger partial charge is 0.456 e. The molecule has 9 aromatic rings. The molecule has 0 fully saturated rings. The molecular formula is C60H48O. The molecule has 0 unspecified atom stereocenters. The molecular weight excluding hydrogens is 737 g/mol. The fraction of sp³-hybridized carbons (Fsp3) is 0.200. The van der Waals surface area contributed by atoms with Crippen LogP contribution >= 0.6 is 0 Å². The summed E-state index contributed by atoms with van der Waals surface area (Å²) in [7, 11) is 0. The average molecular weight is 785 g/mol. The van der Waals surface area contributed by atoms with Gasteiger partial charge in [0.05, 0.1) is 0 Å². The van der Waals surface area contributed by atoms with E-state index < -0.39 is 0 Å². The quantitative estimate of drug-likeness (QED) is 0.170. The van der Waals surface area contributed by atoms with Crippen molar-refractivity contribution in [2.24, 2.45) is 0 Å². The molecule has 0 amide bonds. The second-order valence-electron chi connectivity index (χ2n) is 20.5. The maximum atomic E-state index is 6.81. The Morgan fingerprint density at radius 2 is 0.656 bits per heavy atom. The van der Waals surface area contributed by atoms with Gasteiger partial charge in [-0.15, -0.1) is 0 Å². The Labute approximate surface area is 358 Å². The van der Waals surface area contributed by atoms with Crippen molar-refractivity contribution in [3.8, 4) is 67.2 Å². The van der Waals surface area contributed by atoms with E-state index in [1.54, 1.807) is 0 Å². The van der Waals surface area contributed by atoms with E-state index in [4.69, 9.17) is 4.42 Å². The van der Waals surface area contributed by atoms with Crippen LogP contribution in [0.25, 0.3) is 88.7 Å². The molecule has 1 nitrogen and oxygen atoms in total. The number of hydrogen-bond donors (Lipinski definition) is 0. The van der Waals surface area contributed by atoms with E-state index in [2.05, 4.69) is 201 Å². The van der Waals surface area contributed by atoms with Crippen LogP contribution in [-0.4, -0.2) is 0 Å². The van der Waals surface area contributed by atoms with Crippen LogP contribution in [0.5, 0.6) is 0 Å². The minimum Gasteiger partial charge on any atom is -0.456 e. The number of hydrogen-bond acceptors (Lipinski definition) is 1. The highest BCUT2D eigenvalue weighted by atomic mass is 16.3. The SMILES string of the molecule is CC1(C)c2cc(-c3ccc(-c4ccc5c(c4)C(C)(C)c4cc6c(cc4-5)C(C)(C)c4ccc5ccccc5c4-6)o3)ccc2-c2cc3c(cc21)-c1c(ccc2ccccc12)C3(C)C. The molecule has 0 bridgehead atoms. The molecule has 0 saturated heterocycles. The topological polar surface area (TPSA) is 13.1 Å². The monoisotopic (exact) mass is 784 g/mol. The second-order valence-corrected chi connectivity index (χ2v) is 20.5. The minimum atomic E-state index is -0.159. The van der Waals surface area contributed by atoms with Gasteiger partial charge in [-0.25, -0.2) is 0 Å². The smallest absolute Gasteiger partial charge is 0.134 e. The lowest BCUT2D eigenvalue weighted by molar-refractivity contribution is 0.596. The number of rotatable bonds is 2. The predicted octanol–water partition coefficient (Wildman–Crippen LogP) is 16.1. The molecule has 13 rings (SSSR count). The fourth-order valence-corrected chi connectivity index (χ4v) is 12.4. The molecule has 0 radical (unpaired) electrons. The third-order valence-electron chi connectivity index (χ3n) is 15.9. The standard InChI is InChI=1S/C60H48O/c1-57(2)45-23-19-33-13-9-11-15-37(33)55(45)43-31-49-41(29-51(43)57)39-21-17-35(27-47(39)59(49,5)6)53-25-26-54(61-53)36-18-22-40-42-30-52-44(32-50(42)60(7,8)48(40)28-36)56-38-16-12-10-14-34(38)20-24-46(56)58(52,3)4/h9-32H,1-8H3. The molecule has 61 heavy (non-hydrogen) atoms. The third kappa shape index (κ3) is 4.37. The number of furan rings is 1. The minimum absolute atomic E-state index is 0.0742. The van der Waals surface area contributed by atoms with Gasteiger partial charge in [0.2, 0.25) is 0 Å². The number of fused-ring (bicyclic) bond motifs is 16.